The lowest BCUT2D eigenvalue weighted by atomic mass is 9.59. The number of hydrogen-bond donors (Lipinski definition) is 1. The van der Waals surface area contributed by atoms with Crippen LogP contribution in [0.25, 0.3) is 6.08 Å². The Morgan fingerprint density at radius 2 is 2.04 bits per heavy atom. The van der Waals surface area contributed by atoms with Crippen molar-refractivity contribution in [3.8, 4) is 0 Å². The topological polar surface area (TPSA) is 50.4 Å². The second-order valence-corrected chi connectivity index (χ2v) is 7.70. The summed E-state index contributed by atoms with van der Waals surface area (Å²) in [5, 5.41) is 11.0. The Hall–Kier alpha value is -1.61. The molecule has 3 heteroatoms. The summed E-state index contributed by atoms with van der Waals surface area (Å²) in [5.41, 5.74) is 1.96. The SMILES string of the molecule is CC1=Cc2occ(C)c2C[C@H]2[C@@](C)(O)C=CC(=O)[C@]2(C)CCC1. The number of rotatable bonds is 0. The van der Waals surface area contributed by atoms with Crippen molar-refractivity contribution in [2.75, 3.05) is 0 Å². The van der Waals surface area contributed by atoms with E-state index in [1.807, 2.05) is 20.8 Å². The van der Waals surface area contributed by atoms with Crippen LogP contribution in [-0.2, 0) is 11.2 Å². The van der Waals surface area contributed by atoms with E-state index in [1.54, 1.807) is 18.4 Å². The number of ketones is 1. The largest absolute Gasteiger partial charge is 0.464 e. The van der Waals surface area contributed by atoms with Crippen molar-refractivity contribution in [2.45, 2.75) is 59.0 Å². The molecule has 2 aliphatic carbocycles. The van der Waals surface area contributed by atoms with Crippen LogP contribution in [0.5, 0.6) is 0 Å². The van der Waals surface area contributed by atoms with Crippen molar-refractivity contribution in [1.82, 2.24) is 0 Å². The Labute approximate surface area is 138 Å². The van der Waals surface area contributed by atoms with Crippen molar-refractivity contribution < 1.29 is 14.3 Å². The Morgan fingerprint density at radius 1 is 1.30 bits per heavy atom. The molecule has 0 unspecified atom stereocenters. The highest BCUT2D eigenvalue weighted by atomic mass is 16.3. The van der Waals surface area contributed by atoms with Gasteiger partial charge >= 0.3 is 0 Å². The Morgan fingerprint density at radius 3 is 2.78 bits per heavy atom. The minimum Gasteiger partial charge on any atom is -0.464 e. The van der Waals surface area contributed by atoms with Gasteiger partial charge in [0.1, 0.15) is 5.76 Å². The van der Waals surface area contributed by atoms with Crippen LogP contribution in [0, 0.1) is 18.3 Å². The minimum atomic E-state index is -0.985. The van der Waals surface area contributed by atoms with E-state index in [4.69, 9.17) is 4.42 Å². The second kappa shape index (κ2) is 5.48. The van der Waals surface area contributed by atoms with Crippen LogP contribution in [-0.4, -0.2) is 16.5 Å². The molecule has 0 fully saturated rings. The molecule has 0 saturated heterocycles. The van der Waals surface area contributed by atoms with E-state index >= 15 is 0 Å². The molecule has 1 N–H and O–H groups in total. The van der Waals surface area contributed by atoms with Crippen LogP contribution < -0.4 is 0 Å². The van der Waals surface area contributed by atoms with Gasteiger partial charge in [-0.1, -0.05) is 12.5 Å². The molecule has 2 aliphatic rings. The molecule has 1 aromatic heterocycles. The molecule has 3 nitrogen and oxygen atoms in total. The van der Waals surface area contributed by atoms with Gasteiger partial charge in [0.05, 0.1) is 11.9 Å². The first-order valence-electron chi connectivity index (χ1n) is 8.44. The van der Waals surface area contributed by atoms with Crippen LogP contribution >= 0.6 is 0 Å². The summed E-state index contributed by atoms with van der Waals surface area (Å²) in [6.07, 6.45) is 10.5. The number of allylic oxidation sites excluding steroid dienone is 2. The van der Waals surface area contributed by atoms with Crippen molar-refractivity contribution in [3.63, 3.8) is 0 Å². The highest BCUT2D eigenvalue weighted by molar-refractivity contribution is 5.96. The predicted molar refractivity (Wildman–Crippen MR) is 91.0 cm³/mol. The van der Waals surface area contributed by atoms with Gasteiger partial charge < -0.3 is 9.52 Å². The third-order valence-corrected chi connectivity index (χ3v) is 5.80. The van der Waals surface area contributed by atoms with Gasteiger partial charge in [-0.05, 0) is 70.2 Å². The number of fused-ring (bicyclic) bond motifs is 2. The van der Waals surface area contributed by atoms with E-state index in [9.17, 15) is 9.90 Å². The molecule has 0 amide bonds. The lowest BCUT2D eigenvalue weighted by Gasteiger charge is -2.46. The smallest absolute Gasteiger partial charge is 0.161 e. The average Bonchev–Trinajstić information content (AvgIpc) is 2.80. The van der Waals surface area contributed by atoms with Gasteiger partial charge in [-0.15, -0.1) is 0 Å². The average molecular weight is 314 g/mol. The van der Waals surface area contributed by atoms with E-state index in [0.29, 0.717) is 6.42 Å². The lowest BCUT2D eigenvalue weighted by molar-refractivity contribution is -0.135. The quantitative estimate of drug-likeness (QED) is 0.779. The molecule has 0 aromatic carbocycles. The minimum absolute atomic E-state index is 0.138. The molecular formula is C20H26O3. The molecule has 0 bridgehead atoms. The summed E-state index contributed by atoms with van der Waals surface area (Å²) >= 11 is 0. The summed E-state index contributed by atoms with van der Waals surface area (Å²) in [4.78, 5) is 12.7. The van der Waals surface area contributed by atoms with E-state index in [1.165, 1.54) is 5.57 Å². The van der Waals surface area contributed by atoms with Crippen molar-refractivity contribution >= 4 is 11.9 Å². The molecule has 3 rings (SSSR count). The van der Waals surface area contributed by atoms with Gasteiger partial charge in [0.15, 0.2) is 5.78 Å². The van der Waals surface area contributed by atoms with Crippen LogP contribution in [0.4, 0.5) is 0 Å². The van der Waals surface area contributed by atoms with Gasteiger partial charge in [0.2, 0.25) is 0 Å². The van der Waals surface area contributed by atoms with Crippen molar-refractivity contribution in [2.24, 2.45) is 11.3 Å². The molecule has 0 saturated carbocycles. The number of hydrogen-bond acceptors (Lipinski definition) is 3. The third-order valence-electron chi connectivity index (χ3n) is 5.80. The summed E-state index contributed by atoms with van der Waals surface area (Å²) in [7, 11) is 0. The fourth-order valence-electron chi connectivity index (χ4n) is 4.20. The van der Waals surface area contributed by atoms with Gasteiger partial charge in [-0.3, -0.25) is 4.79 Å². The van der Waals surface area contributed by atoms with Crippen molar-refractivity contribution in [1.29, 1.82) is 0 Å². The first-order valence-corrected chi connectivity index (χ1v) is 8.44. The monoisotopic (exact) mass is 314 g/mol. The summed E-state index contributed by atoms with van der Waals surface area (Å²) in [5.74, 6) is 0.871. The fraction of sp³-hybridized carbons (Fsp3) is 0.550. The summed E-state index contributed by atoms with van der Waals surface area (Å²) in [6, 6.07) is 0. The maximum atomic E-state index is 12.7. The van der Waals surface area contributed by atoms with Gasteiger partial charge in [0, 0.05) is 16.9 Å². The lowest BCUT2D eigenvalue weighted by Crippen LogP contribution is -2.51. The standard InChI is InChI=1S/C20H26O3/c1-13-6-5-8-19(3)17(20(4,22)9-7-18(19)21)11-15-14(2)12-23-16(15)10-13/h7,9-10,12,17,22H,5-6,8,11H2,1-4H3/t17-,19-,20+/m1/s1. The van der Waals surface area contributed by atoms with Crippen LogP contribution in [0.15, 0.2) is 28.4 Å². The highest BCUT2D eigenvalue weighted by Crippen LogP contribution is 2.47. The van der Waals surface area contributed by atoms with Gasteiger partial charge in [-0.25, -0.2) is 0 Å². The molecule has 0 spiro atoms. The molecule has 0 radical (unpaired) electrons. The molecule has 0 aliphatic heterocycles. The molecule has 1 heterocycles. The van der Waals surface area contributed by atoms with Gasteiger partial charge in [0.25, 0.3) is 0 Å². The maximum absolute atomic E-state index is 12.7. The molecule has 124 valence electrons. The Balaban J connectivity index is 2.14. The van der Waals surface area contributed by atoms with E-state index in [2.05, 4.69) is 13.0 Å². The van der Waals surface area contributed by atoms with Gasteiger partial charge in [-0.2, -0.15) is 0 Å². The first-order chi connectivity index (χ1) is 10.7. The number of furan rings is 1. The van der Waals surface area contributed by atoms with Crippen molar-refractivity contribution in [3.05, 3.63) is 40.9 Å². The number of aliphatic hydroxyl groups is 1. The highest BCUT2D eigenvalue weighted by Gasteiger charge is 2.50. The number of aryl methyl sites for hydroxylation is 1. The first kappa shape index (κ1) is 16.3. The summed E-state index contributed by atoms with van der Waals surface area (Å²) < 4.78 is 5.74. The number of carbonyl (C=O) groups excluding carboxylic acids is 1. The van der Waals surface area contributed by atoms with E-state index < -0.39 is 11.0 Å². The normalized spacial score (nSPS) is 34.6. The zero-order valence-corrected chi connectivity index (χ0v) is 14.5. The van der Waals surface area contributed by atoms with Crippen LogP contribution in [0.1, 0.15) is 56.9 Å². The zero-order chi connectivity index (χ0) is 16.8. The zero-order valence-electron chi connectivity index (χ0n) is 14.5. The maximum Gasteiger partial charge on any atom is 0.161 e. The van der Waals surface area contributed by atoms with Crippen LogP contribution in [0.3, 0.4) is 0 Å². The third kappa shape index (κ3) is 2.72. The molecule has 1 aromatic rings. The summed E-state index contributed by atoms with van der Waals surface area (Å²) in [6.45, 7) is 7.99. The molecule has 3 atom stereocenters. The number of carbonyl (C=O) groups is 1. The second-order valence-electron chi connectivity index (χ2n) is 7.70. The molecule has 23 heavy (non-hydrogen) atoms. The fourth-order valence-corrected chi connectivity index (χ4v) is 4.20. The predicted octanol–water partition coefficient (Wildman–Crippen LogP) is 4.23. The van der Waals surface area contributed by atoms with E-state index in [0.717, 1.165) is 36.1 Å². The Kier molecular flexibility index (Phi) is 3.88. The van der Waals surface area contributed by atoms with Crippen LogP contribution in [0.2, 0.25) is 0 Å². The Bertz CT molecular complexity index is 690. The molecular weight excluding hydrogens is 288 g/mol. The van der Waals surface area contributed by atoms with E-state index in [-0.39, 0.29) is 11.7 Å².